The minimum absolute atomic E-state index is 0.0343. The number of aromatic nitrogens is 3. The van der Waals surface area contributed by atoms with Crippen LogP contribution in [-0.2, 0) is 0 Å². The zero-order valence-corrected chi connectivity index (χ0v) is 9.62. The summed E-state index contributed by atoms with van der Waals surface area (Å²) in [6, 6.07) is 1.04. The average molecular weight is 236 g/mol. The molecule has 0 aromatic carbocycles. The zero-order chi connectivity index (χ0) is 11.8. The summed E-state index contributed by atoms with van der Waals surface area (Å²) < 4.78 is 1.71. The van der Waals surface area contributed by atoms with E-state index in [9.17, 15) is 4.79 Å². The molecule has 6 heteroatoms. The maximum Gasteiger partial charge on any atom is 0.358 e. The monoisotopic (exact) mass is 236 g/mol. The molecular weight excluding hydrogens is 220 g/mol. The Bertz CT molecular complexity index is 427. The Balaban J connectivity index is 1.66. The summed E-state index contributed by atoms with van der Waals surface area (Å²) in [5.74, 6) is -1.01. The Morgan fingerprint density at radius 2 is 2.18 bits per heavy atom. The minimum atomic E-state index is -1.01. The second-order valence-electron chi connectivity index (χ2n) is 4.91. The SMILES string of the molecule is O=C(O)c1cn([C@H]2CCN(C3CCC3)C2)nn1. The van der Waals surface area contributed by atoms with Crippen molar-refractivity contribution in [2.45, 2.75) is 37.8 Å². The first kappa shape index (κ1) is 10.7. The first-order chi connectivity index (χ1) is 8.24. The molecule has 1 saturated carbocycles. The van der Waals surface area contributed by atoms with Gasteiger partial charge in [0.15, 0.2) is 5.69 Å². The lowest BCUT2D eigenvalue weighted by Crippen LogP contribution is -2.38. The van der Waals surface area contributed by atoms with Gasteiger partial charge in [0, 0.05) is 19.1 Å². The Morgan fingerprint density at radius 1 is 1.35 bits per heavy atom. The van der Waals surface area contributed by atoms with Crippen molar-refractivity contribution in [3.63, 3.8) is 0 Å². The molecule has 1 atom stereocenters. The number of likely N-dealkylation sites (tertiary alicyclic amines) is 1. The van der Waals surface area contributed by atoms with Gasteiger partial charge in [-0.1, -0.05) is 11.6 Å². The molecule has 17 heavy (non-hydrogen) atoms. The fraction of sp³-hybridized carbons (Fsp3) is 0.727. The molecule has 0 amide bonds. The molecule has 92 valence electrons. The highest BCUT2D eigenvalue weighted by atomic mass is 16.4. The van der Waals surface area contributed by atoms with Crippen molar-refractivity contribution < 1.29 is 9.90 Å². The van der Waals surface area contributed by atoms with Crippen LogP contribution in [0.25, 0.3) is 0 Å². The Morgan fingerprint density at radius 3 is 2.76 bits per heavy atom. The third-order valence-corrected chi connectivity index (χ3v) is 3.89. The largest absolute Gasteiger partial charge is 0.476 e. The van der Waals surface area contributed by atoms with E-state index >= 15 is 0 Å². The fourth-order valence-electron chi connectivity index (χ4n) is 2.62. The summed E-state index contributed by atoms with van der Waals surface area (Å²) in [6.45, 7) is 2.07. The van der Waals surface area contributed by atoms with Crippen LogP contribution in [0, 0.1) is 0 Å². The summed E-state index contributed by atoms with van der Waals surface area (Å²) >= 11 is 0. The van der Waals surface area contributed by atoms with E-state index in [1.54, 1.807) is 4.68 Å². The van der Waals surface area contributed by atoms with Gasteiger partial charge in [-0.25, -0.2) is 9.48 Å². The van der Waals surface area contributed by atoms with Crippen molar-refractivity contribution in [3.05, 3.63) is 11.9 Å². The zero-order valence-electron chi connectivity index (χ0n) is 9.62. The molecule has 6 nitrogen and oxygen atoms in total. The minimum Gasteiger partial charge on any atom is -0.476 e. The Kier molecular flexibility index (Phi) is 2.58. The average Bonchev–Trinajstić information content (AvgIpc) is 2.80. The number of rotatable bonds is 3. The van der Waals surface area contributed by atoms with E-state index in [1.807, 2.05) is 0 Å². The number of hydrogen-bond acceptors (Lipinski definition) is 4. The van der Waals surface area contributed by atoms with E-state index in [0.29, 0.717) is 0 Å². The number of carbonyl (C=O) groups is 1. The van der Waals surface area contributed by atoms with Gasteiger partial charge in [0.2, 0.25) is 0 Å². The number of hydrogen-bond donors (Lipinski definition) is 1. The van der Waals surface area contributed by atoms with Crippen molar-refractivity contribution in [2.75, 3.05) is 13.1 Å². The van der Waals surface area contributed by atoms with Crippen molar-refractivity contribution in [2.24, 2.45) is 0 Å². The maximum absolute atomic E-state index is 10.7. The molecule has 1 N–H and O–H groups in total. The number of aromatic carboxylic acids is 1. The van der Waals surface area contributed by atoms with Crippen molar-refractivity contribution in [3.8, 4) is 0 Å². The van der Waals surface area contributed by atoms with Crippen molar-refractivity contribution in [1.82, 2.24) is 19.9 Å². The van der Waals surface area contributed by atoms with Gasteiger partial charge in [-0.3, -0.25) is 4.90 Å². The van der Waals surface area contributed by atoms with Crippen LogP contribution in [0.4, 0.5) is 0 Å². The summed E-state index contributed by atoms with van der Waals surface area (Å²) in [5.41, 5.74) is 0.0343. The molecule has 1 aliphatic carbocycles. The smallest absolute Gasteiger partial charge is 0.358 e. The predicted octanol–water partition coefficient (Wildman–Crippen LogP) is 0.776. The predicted molar refractivity (Wildman–Crippen MR) is 59.8 cm³/mol. The van der Waals surface area contributed by atoms with Gasteiger partial charge >= 0.3 is 5.97 Å². The summed E-state index contributed by atoms with van der Waals surface area (Å²) in [7, 11) is 0. The van der Waals surface area contributed by atoms with Crippen LogP contribution in [-0.4, -0.2) is 50.1 Å². The molecule has 3 rings (SSSR count). The molecule has 1 saturated heterocycles. The van der Waals surface area contributed by atoms with Gasteiger partial charge in [-0.05, 0) is 19.3 Å². The molecular formula is C11H16N4O2. The molecule has 0 bridgehead atoms. The van der Waals surface area contributed by atoms with Gasteiger partial charge < -0.3 is 5.11 Å². The van der Waals surface area contributed by atoms with Crippen LogP contribution < -0.4 is 0 Å². The van der Waals surface area contributed by atoms with E-state index in [-0.39, 0.29) is 11.7 Å². The number of carboxylic acids is 1. The standard InChI is InChI=1S/C11H16N4O2/c16-11(17)10-7-15(13-12-10)9-4-5-14(6-9)8-2-1-3-8/h7-9H,1-6H2,(H,16,17)/t9-/m0/s1. The summed E-state index contributed by atoms with van der Waals surface area (Å²) in [6.07, 6.45) is 6.55. The van der Waals surface area contributed by atoms with Gasteiger partial charge in [0.25, 0.3) is 0 Å². The van der Waals surface area contributed by atoms with E-state index in [4.69, 9.17) is 5.11 Å². The first-order valence-electron chi connectivity index (χ1n) is 6.13. The molecule has 1 aliphatic heterocycles. The van der Waals surface area contributed by atoms with Crippen LogP contribution in [0.1, 0.15) is 42.2 Å². The summed E-state index contributed by atoms with van der Waals surface area (Å²) in [4.78, 5) is 13.2. The number of carboxylic acid groups (broad SMARTS) is 1. The van der Waals surface area contributed by atoms with Crippen molar-refractivity contribution in [1.29, 1.82) is 0 Å². The second-order valence-corrected chi connectivity index (χ2v) is 4.91. The van der Waals surface area contributed by atoms with Crippen LogP contribution in [0.2, 0.25) is 0 Å². The lowest BCUT2D eigenvalue weighted by Gasteiger charge is -2.34. The molecule has 0 unspecified atom stereocenters. The van der Waals surface area contributed by atoms with Crippen molar-refractivity contribution >= 4 is 5.97 Å². The normalized spacial score (nSPS) is 26.0. The van der Waals surface area contributed by atoms with Crippen LogP contribution in [0.15, 0.2) is 6.20 Å². The van der Waals surface area contributed by atoms with Crippen LogP contribution in [0.3, 0.4) is 0 Å². The Hall–Kier alpha value is -1.43. The van der Waals surface area contributed by atoms with Gasteiger partial charge in [0.05, 0.1) is 12.2 Å². The maximum atomic E-state index is 10.7. The van der Waals surface area contributed by atoms with E-state index in [2.05, 4.69) is 15.2 Å². The molecule has 0 radical (unpaired) electrons. The number of nitrogens with zero attached hydrogens (tertiary/aromatic N) is 4. The Labute approximate surface area is 99.2 Å². The lowest BCUT2D eigenvalue weighted by molar-refractivity contribution is 0.0690. The molecule has 0 spiro atoms. The highest BCUT2D eigenvalue weighted by Crippen LogP contribution is 2.31. The van der Waals surface area contributed by atoms with Crippen LogP contribution in [0.5, 0.6) is 0 Å². The van der Waals surface area contributed by atoms with Crippen LogP contribution >= 0.6 is 0 Å². The highest BCUT2D eigenvalue weighted by Gasteiger charge is 2.32. The summed E-state index contributed by atoms with van der Waals surface area (Å²) in [5, 5.41) is 16.4. The topological polar surface area (TPSA) is 71.2 Å². The van der Waals surface area contributed by atoms with Gasteiger partial charge in [0.1, 0.15) is 0 Å². The first-order valence-corrected chi connectivity index (χ1v) is 6.13. The quantitative estimate of drug-likeness (QED) is 0.839. The molecule has 2 fully saturated rings. The molecule has 2 aliphatic rings. The third-order valence-electron chi connectivity index (χ3n) is 3.89. The van der Waals surface area contributed by atoms with E-state index in [0.717, 1.165) is 25.6 Å². The van der Waals surface area contributed by atoms with Gasteiger partial charge in [-0.2, -0.15) is 0 Å². The molecule has 2 heterocycles. The lowest BCUT2D eigenvalue weighted by atomic mass is 9.92. The van der Waals surface area contributed by atoms with E-state index in [1.165, 1.54) is 25.5 Å². The molecule has 1 aromatic heterocycles. The second kappa shape index (κ2) is 4.10. The van der Waals surface area contributed by atoms with E-state index < -0.39 is 5.97 Å². The molecule has 1 aromatic rings. The highest BCUT2D eigenvalue weighted by molar-refractivity contribution is 5.84. The third kappa shape index (κ3) is 1.93. The van der Waals surface area contributed by atoms with Gasteiger partial charge in [-0.15, -0.1) is 5.10 Å². The fourth-order valence-corrected chi connectivity index (χ4v) is 2.62.